The molecule has 0 aromatic carbocycles. The molecule has 2 heterocycles. The summed E-state index contributed by atoms with van der Waals surface area (Å²) in [6.07, 6.45) is 3.33. The van der Waals surface area contributed by atoms with Gasteiger partial charge in [0.15, 0.2) is 0 Å². The van der Waals surface area contributed by atoms with Gasteiger partial charge in [-0.05, 0) is 12.8 Å². The summed E-state index contributed by atoms with van der Waals surface area (Å²) in [6.45, 7) is 4.19. The quantitative estimate of drug-likeness (QED) is 0.823. The Morgan fingerprint density at radius 2 is 2.21 bits per heavy atom. The number of nitrogens with one attached hydrogen (secondary N) is 2. The highest BCUT2D eigenvalue weighted by molar-refractivity contribution is 5.76. The number of amides is 1. The molecule has 1 aromatic rings. The van der Waals surface area contributed by atoms with Crippen molar-refractivity contribution >= 4 is 11.7 Å². The van der Waals surface area contributed by atoms with Crippen molar-refractivity contribution in [1.29, 1.82) is 0 Å². The van der Waals surface area contributed by atoms with E-state index < -0.39 is 0 Å². The van der Waals surface area contributed by atoms with Gasteiger partial charge in [0.05, 0.1) is 0 Å². The Bertz CT molecular complexity index is 492. The summed E-state index contributed by atoms with van der Waals surface area (Å²) in [7, 11) is 0. The maximum atomic E-state index is 11.8. The van der Waals surface area contributed by atoms with E-state index in [9.17, 15) is 9.59 Å². The van der Waals surface area contributed by atoms with Gasteiger partial charge < -0.3 is 15.2 Å². The maximum absolute atomic E-state index is 11.8. The third-order valence-corrected chi connectivity index (χ3v) is 3.23. The smallest absolute Gasteiger partial charge is 0.252 e. The molecule has 6 nitrogen and oxygen atoms in total. The van der Waals surface area contributed by atoms with Gasteiger partial charge in [-0.25, -0.2) is 4.98 Å². The molecule has 0 bridgehead atoms. The van der Waals surface area contributed by atoms with E-state index in [0.29, 0.717) is 31.0 Å². The molecule has 104 valence electrons. The van der Waals surface area contributed by atoms with Gasteiger partial charge in [-0.3, -0.25) is 9.59 Å². The van der Waals surface area contributed by atoms with Gasteiger partial charge in [0.1, 0.15) is 11.6 Å². The minimum absolute atomic E-state index is 0.166. The molecule has 1 aliphatic heterocycles. The van der Waals surface area contributed by atoms with Crippen LogP contribution in [0.4, 0.5) is 5.82 Å². The zero-order valence-corrected chi connectivity index (χ0v) is 11.2. The third kappa shape index (κ3) is 3.81. The van der Waals surface area contributed by atoms with Gasteiger partial charge in [0.2, 0.25) is 5.91 Å². The van der Waals surface area contributed by atoms with E-state index in [4.69, 9.17) is 0 Å². The minimum atomic E-state index is -0.166. The molecular weight excluding hydrogens is 244 g/mol. The lowest BCUT2D eigenvalue weighted by Gasteiger charge is -2.15. The SMILES string of the molecule is CCc1nc(NCCC(=O)N2CCCC2)cc(=O)[nH]1. The van der Waals surface area contributed by atoms with Crippen LogP contribution >= 0.6 is 0 Å². The lowest BCUT2D eigenvalue weighted by molar-refractivity contribution is -0.129. The maximum Gasteiger partial charge on any atom is 0.252 e. The van der Waals surface area contributed by atoms with Crippen LogP contribution in [0.2, 0.25) is 0 Å². The molecule has 6 heteroatoms. The van der Waals surface area contributed by atoms with Crippen molar-refractivity contribution in [2.45, 2.75) is 32.6 Å². The number of aromatic amines is 1. The standard InChI is InChI=1S/C13H20N4O2/c1-2-10-15-11(9-12(18)16-10)14-6-5-13(19)17-7-3-4-8-17/h9H,2-8H2,1H3,(H2,14,15,16,18). The average Bonchev–Trinajstić information content (AvgIpc) is 2.92. The van der Waals surface area contributed by atoms with Gasteiger partial charge >= 0.3 is 0 Å². The topological polar surface area (TPSA) is 78.1 Å². The fourth-order valence-electron chi connectivity index (χ4n) is 2.19. The van der Waals surface area contributed by atoms with E-state index in [1.54, 1.807) is 0 Å². The molecule has 1 amide bonds. The van der Waals surface area contributed by atoms with Crippen LogP contribution in [-0.2, 0) is 11.2 Å². The summed E-state index contributed by atoms with van der Waals surface area (Å²) in [6, 6.07) is 1.42. The Morgan fingerprint density at radius 3 is 2.89 bits per heavy atom. The van der Waals surface area contributed by atoms with Crippen molar-refractivity contribution in [2.75, 3.05) is 25.0 Å². The molecular formula is C13H20N4O2. The summed E-state index contributed by atoms with van der Waals surface area (Å²) in [5.74, 6) is 1.36. The number of rotatable bonds is 5. The monoisotopic (exact) mass is 264 g/mol. The second-order valence-corrected chi connectivity index (χ2v) is 4.70. The lowest BCUT2D eigenvalue weighted by Crippen LogP contribution is -2.29. The first-order valence-electron chi connectivity index (χ1n) is 6.81. The number of nitrogens with zero attached hydrogens (tertiary/aromatic N) is 2. The van der Waals surface area contributed by atoms with Crippen LogP contribution in [0.15, 0.2) is 10.9 Å². The fraction of sp³-hybridized carbons (Fsp3) is 0.615. The predicted octanol–water partition coefficient (Wildman–Crippen LogP) is 0.757. The van der Waals surface area contributed by atoms with Gasteiger partial charge in [-0.15, -0.1) is 0 Å². The largest absolute Gasteiger partial charge is 0.369 e. The average molecular weight is 264 g/mol. The molecule has 0 atom stereocenters. The molecule has 1 aromatic heterocycles. The number of H-pyrrole nitrogens is 1. The molecule has 19 heavy (non-hydrogen) atoms. The highest BCUT2D eigenvalue weighted by Gasteiger charge is 2.16. The molecule has 1 fully saturated rings. The fourth-order valence-corrected chi connectivity index (χ4v) is 2.19. The van der Waals surface area contributed by atoms with Crippen molar-refractivity contribution < 1.29 is 4.79 Å². The number of aromatic nitrogens is 2. The number of hydrogen-bond donors (Lipinski definition) is 2. The minimum Gasteiger partial charge on any atom is -0.369 e. The van der Waals surface area contributed by atoms with Crippen LogP contribution in [0.5, 0.6) is 0 Å². The van der Waals surface area contributed by atoms with Crippen molar-refractivity contribution in [2.24, 2.45) is 0 Å². The molecule has 2 N–H and O–H groups in total. The Labute approximate surface area is 112 Å². The first kappa shape index (κ1) is 13.6. The molecule has 1 saturated heterocycles. The van der Waals surface area contributed by atoms with E-state index in [2.05, 4.69) is 15.3 Å². The summed E-state index contributed by atoms with van der Waals surface area (Å²) in [5, 5.41) is 3.04. The van der Waals surface area contributed by atoms with E-state index in [0.717, 1.165) is 25.9 Å². The molecule has 1 aliphatic rings. The summed E-state index contributed by atoms with van der Waals surface area (Å²) in [5.41, 5.74) is -0.166. The first-order valence-corrected chi connectivity index (χ1v) is 6.81. The number of carbonyl (C=O) groups is 1. The van der Waals surface area contributed by atoms with Crippen LogP contribution in [0.25, 0.3) is 0 Å². The molecule has 0 saturated carbocycles. The zero-order chi connectivity index (χ0) is 13.7. The highest BCUT2D eigenvalue weighted by Crippen LogP contribution is 2.09. The number of carbonyl (C=O) groups excluding carboxylic acids is 1. The van der Waals surface area contributed by atoms with Gasteiger partial charge in [0, 0.05) is 38.5 Å². The van der Waals surface area contributed by atoms with E-state index in [1.807, 2.05) is 11.8 Å². The highest BCUT2D eigenvalue weighted by atomic mass is 16.2. The second kappa shape index (κ2) is 6.36. The number of likely N-dealkylation sites (tertiary alicyclic amines) is 1. The van der Waals surface area contributed by atoms with Crippen LogP contribution < -0.4 is 10.9 Å². The van der Waals surface area contributed by atoms with Crippen LogP contribution in [0.1, 0.15) is 32.0 Å². The Kier molecular flexibility index (Phi) is 4.54. The van der Waals surface area contributed by atoms with Gasteiger partial charge in [-0.1, -0.05) is 6.92 Å². The van der Waals surface area contributed by atoms with Crippen molar-refractivity contribution in [1.82, 2.24) is 14.9 Å². The second-order valence-electron chi connectivity index (χ2n) is 4.70. The predicted molar refractivity (Wildman–Crippen MR) is 73.2 cm³/mol. The van der Waals surface area contributed by atoms with Crippen LogP contribution in [0.3, 0.4) is 0 Å². The molecule has 0 unspecified atom stereocenters. The zero-order valence-electron chi connectivity index (χ0n) is 11.2. The summed E-state index contributed by atoms with van der Waals surface area (Å²) < 4.78 is 0. The van der Waals surface area contributed by atoms with Crippen molar-refractivity contribution in [3.8, 4) is 0 Å². The normalized spacial score (nSPS) is 14.7. The molecule has 2 rings (SSSR count). The van der Waals surface area contributed by atoms with Crippen molar-refractivity contribution in [3.63, 3.8) is 0 Å². The number of hydrogen-bond acceptors (Lipinski definition) is 4. The van der Waals surface area contributed by atoms with E-state index in [1.165, 1.54) is 6.07 Å². The Balaban J connectivity index is 1.83. The molecule has 0 radical (unpaired) electrons. The number of anilines is 1. The lowest BCUT2D eigenvalue weighted by atomic mass is 10.3. The van der Waals surface area contributed by atoms with Crippen molar-refractivity contribution in [3.05, 3.63) is 22.2 Å². The van der Waals surface area contributed by atoms with E-state index in [-0.39, 0.29) is 11.5 Å². The number of aryl methyl sites for hydroxylation is 1. The van der Waals surface area contributed by atoms with Crippen LogP contribution in [0, 0.1) is 0 Å². The Hall–Kier alpha value is -1.85. The first-order chi connectivity index (χ1) is 9.19. The molecule has 0 spiro atoms. The van der Waals surface area contributed by atoms with Gasteiger partial charge in [0.25, 0.3) is 5.56 Å². The Morgan fingerprint density at radius 1 is 1.47 bits per heavy atom. The summed E-state index contributed by atoms with van der Waals surface area (Å²) >= 11 is 0. The van der Waals surface area contributed by atoms with E-state index >= 15 is 0 Å². The third-order valence-electron chi connectivity index (χ3n) is 3.23. The van der Waals surface area contributed by atoms with Crippen LogP contribution in [-0.4, -0.2) is 40.4 Å². The van der Waals surface area contributed by atoms with Gasteiger partial charge in [-0.2, -0.15) is 0 Å². The molecule has 0 aliphatic carbocycles. The summed E-state index contributed by atoms with van der Waals surface area (Å²) in [4.78, 5) is 32.0.